The van der Waals surface area contributed by atoms with Gasteiger partial charge in [-0.2, -0.15) is 0 Å². The number of nitrogens with zero attached hydrogens (tertiary/aromatic N) is 2. The van der Waals surface area contributed by atoms with Crippen LogP contribution in [0.25, 0.3) is 0 Å². The number of hydrogen-bond acceptors (Lipinski definition) is 12. The molecule has 0 radical (unpaired) electrons. The Balaban J connectivity index is 1.18. The molecule has 0 aromatic heterocycles. The molecule has 0 spiro atoms. The number of aliphatic carboxylic acids is 1. The molecule has 0 aliphatic carbocycles. The Bertz CT molecular complexity index is 2050. The molecule has 1 aromatic carbocycles. The van der Waals surface area contributed by atoms with Gasteiger partial charge in [-0.25, -0.2) is 9.59 Å². The van der Waals surface area contributed by atoms with E-state index >= 15 is 0 Å². The summed E-state index contributed by atoms with van der Waals surface area (Å²) in [6, 6.07) is 3.76. The Morgan fingerprint density at radius 1 is 0.910 bits per heavy atom. The van der Waals surface area contributed by atoms with Gasteiger partial charge in [-0.05, 0) is 88.3 Å². The highest BCUT2D eigenvalue weighted by Gasteiger charge is 2.51. The van der Waals surface area contributed by atoms with Crippen molar-refractivity contribution >= 4 is 59.2 Å². The van der Waals surface area contributed by atoms with E-state index in [-0.39, 0.29) is 75.0 Å². The number of hydrogen-bond donors (Lipinski definition) is 6. The summed E-state index contributed by atoms with van der Waals surface area (Å²) in [6.07, 6.45) is 3.09. The lowest BCUT2D eigenvalue weighted by molar-refractivity contribution is -0.197. The summed E-state index contributed by atoms with van der Waals surface area (Å²) in [7, 11) is 0. The molecule has 4 rings (SSSR count). The maximum atomic E-state index is 13.5. The Morgan fingerprint density at radius 3 is 2.15 bits per heavy atom. The molecule has 0 bridgehead atoms. The van der Waals surface area contributed by atoms with Crippen LogP contribution in [0.4, 0.5) is 0 Å². The van der Waals surface area contributed by atoms with Crippen LogP contribution >= 0.6 is 0 Å². The third-order valence-electron chi connectivity index (χ3n) is 12.1. The van der Waals surface area contributed by atoms with Crippen molar-refractivity contribution in [3.8, 4) is 0 Å². The molecule has 3 fully saturated rings. The van der Waals surface area contributed by atoms with Crippen molar-refractivity contribution in [2.45, 2.75) is 163 Å². The number of hydroxylamine groups is 2. The van der Waals surface area contributed by atoms with Gasteiger partial charge in [0.05, 0.1) is 11.5 Å². The highest BCUT2D eigenvalue weighted by Crippen LogP contribution is 2.44. The second-order valence-corrected chi connectivity index (χ2v) is 18.9. The molecule has 5 unspecified atom stereocenters. The second kappa shape index (κ2) is 23.5. The predicted molar refractivity (Wildman–Crippen MR) is 240 cm³/mol. The van der Waals surface area contributed by atoms with Crippen LogP contribution in [-0.4, -0.2) is 111 Å². The number of carboxylic acid groups (broad SMARTS) is 1. The van der Waals surface area contributed by atoms with Gasteiger partial charge in [0.15, 0.2) is 0 Å². The summed E-state index contributed by atoms with van der Waals surface area (Å²) < 4.78 is 6.01. The maximum absolute atomic E-state index is 13.5. The fourth-order valence-corrected chi connectivity index (χ4v) is 7.82. The Morgan fingerprint density at radius 2 is 1.55 bits per heavy atom. The van der Waals surface area contributed by atoms with Crippen molar-refractivity contribution in [2.24, 2.45) is 23.2 Å². The number of carboxylic acids is 1. The molecule has 67 heavy (non-hydrogen) atoms. The average Bonchev–Trinajstić information content (AvgIpc) is 3.93. The number of carbonyl (C=O) groups is 10. The molecule has 0 saturated carbocycles. The molecule has 3 heterocycles. The lowest BCUT2D eigenvalue weighted by atomic mass is 9.86. The van der Waals surface area contributed by atoms with Gasteiger partial charge in [-0.3, -0.25) is 38.4 Å². The predicted octanol–water partition coefficient (Wildman–Crippen LogP) is 2.45. The highest BCUT2D eigenvalue weighted by atomic mass is 16.7. The van der Waals surface area contributed by atoms with Gasteiger partial charge in [0.25, 0.3) is 11.8 Å². The first-order chi connectivity index (χ1) is 31.4. The minimum Gasteiger partial charge on any atom is -0.480 e. The largest absolute Gasteiger partial charge is 0.480 e. The van der Waals surface area contributed by atoms with Crippen molar-refractivity contribution in [2.75, 3.05) is 0 Å². The molecular formula is C47H67N7O13. The summed E-state index contributed by atoms with van der Waals surface area (Å²) in [5.74, 6) is -6.34. The van der Waals surface area contributed by atoms with Crippen LogP contribution in [0.3, 0.4) is 0 Å². The molecule has 3 aliphatic heterocycles. The number of carbonyl (C=O) groups excluding carboxylic acids is 9. The lowest BCUT2D eigenvalue weighted by Gasteiger charge is -2.37. The number of nitrogens with one attached hydrogen (secondary N) is 5. The minimum atomic E-state index is -1.34. The topological polar surface area (TPSA) is 279 Å². The van der Waals surface area contributed by atoms with Crippen LogP contribution in [0.5, 0.6) is 0 Å². The first kappa shape index (κ1) is 53.4. The van der Waals surface area contributed by atoms with Gasteiger partial charge >= 0.3 is 11.9 Å². The summed E-state index contributed by atoms with van der Waals surface area (Å²) in [5, 5.41) is 23.5. The van der Waals surface area contributed by atoms with Gasteiger partial charge in [-0.15, -0.1) is 5.06 Å². The van der Waals surface area contributed by atoms with Crippen molar-refractivity contribution in [3.63, 3.8) is 0 Å². The van der Waals surface area contributed by atoms with Crippen LogP contribution in [0.2, 0.25) is 0 Å². The zero-order valence-electron chi connectivity index (χ0n) is 39.8. The maximum Gasteiger partial charge on any atom is 0.333 e. The highest BCUT2D eigenvalue weighted by molar-refractivity contribution is 6.01. The van der Waals surface area contributed by atoms with Crippen molar-refractivity contribution in [3.05, 3.63) is 47.5 Å². The van der Waals surface area contributed by atoms with E-state index in [1.807, 2.05) is 38.1 Å². The zero-order chi connectivity index (χ0) is 49.9. The van der Waals surface area contributed by atoms with E-state index in [1.54, 1.807) is 40.7 Å². The van der Waals surface area contributed by atoms with Gasteiger partial charge in [0.2, 0.25) is 35.4 Å². The van der Waals surface area contributed by atoms with Crippen LogP contribution in [0.1, 0.15) is 131 Å². The normalized spacial score (nSPS) is 21.1. The fourth-order valence-electron chi connectivity index (χ4n) is 7.82. The minimum absolute atomic E-state index is 0.0118. The third-order valence-corrected chi connectivity index (χ3v) is 12.1. The van der Waals surface area contributed by atoms with E-state index in [1.165, 1.54) is 17.9 Å². The molecule has 20 nitrogen and oxygen atoms in total. The summed E-state index contributed by atoms with van der Waals surface area (Å²) in [5.41, 5.74) is 0.437. The van der Waals surface area contributed by atoms with Gasteiger partial charge in [0, 0.05) is 32.2 Å². The number of imide groups is 1. The van der Waals surface area contributed by atoms with Gasteiger partial charge < -0.3 is 46.2 Å². The molecule has 6 N–H and O–H groups in total. The van der Waals surface area contributed by atoms with Gasteiger partial charge in [0.1, 0.15) is 36.4 Å². The summed E-state index contributed by atoms with van der Waals surface area (Å²) >= 11 is 0. The number of ether oxygens (including phenoxy) is 1. The van der Waals surface area contributed by atoms with Crippen LogP contribution in [0.15, 0.2) is 36.4 Å². The van der Waals surface area contributed by atoms with Crippen LogP contribution in [0, 0.1) is 23.2 Å². The van der Waals surface area contributed by atoms with Crippen LogP contribution < -0.4 is 26.6 Å². The number of rotatable bonds is 24. The Hall–Kier alpha value is -6.18. The average molecular weight is 938 g/mol. The second-order valence-electron chi connectivity index (χ2n) is 18.9. The van der Waals surface area contributed by atoms with E-state index in [2.05, 4.69) is 33.5 Å². The summed E-state index contributed by atoms with van der Waals surface area (Å²) in [4.78, 5) is 131. The lowest BCUT2D eigenvalue weighted by Crippen LogP contribution is -2.58. The van der Waals surface area contributed by atoms with E-state index in [9.17, 15) is 53.1 Å². The molecular weight excluding hydrogens is 871 g/mol. The smallest absolute Gasteiger partial charge is 0.333 e. The zero-order valence-corrected chi connectivity index (χ0v) is 39.8. The molecule has 20 heteroatoms. The molecule has 8 atom stereocenters. The number of epoxide rings is 1. The molecule has 3 saturated heterocycles. The van der Waals surface area contributed by atoms with Crippen LogP contribution in [-0.2, 0) is 64.1 Å². The number of benzene rings is 1. The van der Waals surface area contributed by atoms with Crippen molar-refractivity contribution < 1.29 is 62.6 Å². The quantitative estimate of drug-likeness (QED) is 0.0495. The number of allylic oxidation sites excluding steroid dienone is 1. The SMILES string of the molecule is CC(C)CC(NC(=O)C(C)(C)C1NC(=O)[C@@H](C)N1C(=O)/C=C/CC[C@H](C)C1OC1c1ccc(CNC(=O)C(C)NC(=O)[C@@H](NC(=O)CCCC(=O)ON2C(=O)CCC2=O)C(C)C)cc1)C(=O)O. The van der Waals surface area contributed by atoms with E-state index in [0.29, 0.717) is 17.9 Å². The Labute approximate surface area is 391 Å². The first-order valence-corrected chi connectivity index (χ1v) is 22.9. The van der Waals surface area contributed by atoms with Gasteiger partial charge in [-0.1, -0.05) is 65.0 Å². The van der Waals surface area contributed by atoms with E-state index in [4.69, 9.17) is 9.57 Å². The monoisotopic (exact) mass is 937 g/mol. The molecule has 1 aromatic rings. The number of amides is 8. The standard InChI is InChI=1S/C47H67N7O13/c1-25(2)23-32(44(63)64)50-46(65)47(8,9)45-52-42(61)29(7)53(45)34(56)15-11-10-13-27(5)39-40(66-39)31-19-17-30(18-20-31)24-48-41(60)28(6)49-43(62)38(26(3)4)51-33(55)14-12-16-37(59)67-54-35(57)21-22-36(54)58/h11,15,17-20,25-29,32,38-40,45H,10,12-14,16,21-24H2,1-9H3,(H,48,60)(H,49,62)(H,50,65)(H,51,55)(H,52,61)(H,63,64)/b15-11+/t27-,28?,29+,32?,38-,39?,40?,45?/m0/s1. The van der Waals surface area contributed by atoms with Crippen molar-refractivity contribution in [1.82, 2.24) is 36.5 Å². The fraction of sp³-hybridized carbons (Fsp3) is 0.617. The third kappa shape index (κ3) is 14.7. The molecule has 8 amide bonds. The molecule has 3 aliphatic rings. The Kier molecular flexibility index (Phi) is 18.8. The first-order valence-electron chi connectivity index (χ1n) is 22.9. The van der Waals surface area contributed by atoms with E-state index < -0.39 is 94.9 Å². The molecule has 368 valence electrons. The van der Waals surface area contributed by atoms with Crippen molar-refractivity contribution in [1.29, 1.82) is 0 Å². The van der Waals surface area contributed by atoms with E-state index in [0.717, 1.165) is 11.1 Å². The summed E-state index contributed by atoms with van der Waals surface area (Å²) in [6.45, 7) is 15.6.